The molecule has 0 aromatic carbocycles. The molecule has 0 amide bonds. The van der Waals surface area contributed by atoms with Gasteiger partial charge in [-0.2, -0.15) is 0 Å². The first-order valence-electron chi connectivity index (χ1n) is 2.59. The van der Waals surface area contributed by atoms with Gasteiger partial charge in [-0.1, -0.05) is 0 Å². The van der Waals surface area contributed by atoms with Crippen LogP contribution in [0.1, 0.15) is 13.3 Å². The number of nitrogens with one attached hydrogen (secondary N) is 1. The van der Waals surface area contributed by atoms with Crippen LogP contribution >= 0.6 is 0 Å². The average Bonchev–Trinajstić information content (AvgIpc) is 1.55. The Bertz CT molecular complexity index is 52.0. The summed E-state index contributed by atoms with van der Waals surface area (Å²) < 4.78 is 5.03. The molecule has 1 atom stereocenters. The van der Waals surface area contributed by atoms with E-state index in [2.05, 4.69) is 5.32 Å². The molecule has 1 aliphatic rings. The largest absolute Gasteiger partial charge is 0.363 e. The van der Waals surface area contributed by atoms with E-state index in [0.29, 0.717) is 6.23 Å². The van der Waals surface area contributed by atoms with Crippen LogP contribution in [0.4, 0.5) is 0 Å². The second kappa shape index (κ2) is 2.28. The Balaban J connectivity index is 1.93. The molecule has 0 aromatic heterocycles. The van der Waals surface area contributed by atoms with Crippen molar-refractivity contribution in [1.82, 2.24) is 5.32 Å². The number of ether oxygens (including phenoxy) is 1. The molecule has 1 rings (SSSR count). The number of rotatable bonds is 2. The third kappa shape index (κ3) is 1.14. The van der Waals surface area contributed by atoms with E-state index in [9.17, 15) is 0 Å². The standard InChI is InChI=1S/C5H10NO/c1-2-6-5-3-4-7-5/h2,5-6H,3-4H2,1H3. The van der Waals surface area contributed by atoms with Crippen LogP contribution in [0.15, 0.2) is 0 Å². The summed E-state index contributed by atoms with van der Waals surface area (Å²) in [5, 5.41) is 3.03. The fraction of sp³-hybridized carbons (Fsp3) is 0.800. The Morgan fingerprint density at radius 1 is 1.86 bits per heavy atom. The molecule has 1 fully saturated rings. The Labute approximate surface area is 43.9 Å². The van der Waals surface area contributed by atoms with E-state index < -0.39 is 0 Å². The van der Waals surface area contributed by atoms with E-state index in [1.165, 1.54) is 0 Å². The molecule has 1 aliphatic heterocycles. The van der Waals surface area contributed by atoms with E-state index in [4.69, 9.17) is 4.74 Å². The van der Waals surface area contributed by atoms with Gasteiger partial charge in [0.1, 0.15) is 6.23 Å². The number of hydrogen-bond donors (Lipinski definition) is 1. The van der Waals surface area contributed by atoms with E-state index in [-0.39, 0.29) is 0 Å². The maximum atomic E-state index is 5.03. The molecule has 2 nitrogen and oxygen atoms in total. The summed E-state index contributed by atoms with van der Waals surface area (Å²) in [6, 6.07) is 0. The first-order chi connectivity index (χ1) is 3.43. The fourth-order valence-electron chi connectivity index (χ4n) is 0.553. The Morgan fingerprint density at radius 3 is 2.71 bits per heavy atom. The van der Waals surface area contributed by atoms with Crippen LogP contribution in [0.5, 0.6) is 0 Å². The minimum absolute atomic E-state index is 0.324. The molecule has 41 valence electrons. The molecule has 0 bridgehead atoms. The molecule has 1 saturated heterocycles. The molecule has 0 saturated carbocycles. The lowest BCUT2D eigenvalue weighted by molar-refractivity contribution is -0.0654. The second-order valence-corrected chi connectivity index (χ2v) is 1.60. The lowest BCUT2D eigenvalue weighted by atomic mass is 10.3. The summed E-state index contributed by atoms with van der Waals surface area (Å²) in [5.41, 5.74) is 0. The van der Waals surface area contributed by atoms with Gasteiger partial charge in [0.25, 0.3) is 0 Å². The smallest absolute Gasteiger partial charge is 0.110 e. The third-order valence-corrected chi connectivity index (χ3v) is 1.05. The van der Waals surface area contributed by atoms with Crippen molar-refractivity contribution in [2.45, 2.75) is 19.6 Å². The van der Waals surface area contributed by atoms with Crippen molar-refractivity contribution >= 4 is 0 Å². The molecule has 7 heavy (non-hydrogen) atoms. The van der Waals surface area contributed by atoms with E-state index in [1.807, 2.05) is 13.5 Å². The van der Waals surface area contributed by atoms with Gasteiger partial charge < -0.3 is 4.74 Å². The molecular weight excluding hydrogens is 90.1 g/mol. The van der Waals surface area contributed by atoms with Gasteiger partial charge in [0.2, 0.25) is 0 Å². The normalized spacial score (nSPS) is 29.6. The summed E-state index contributed by atoms with van der Waals surface area (Å²) >= 11 is 0. The highest BCUT2D eigenvalue weighted by Gasteiger charge is 2.14. The SMILES string of the molecule is C[CH]NC1CCO1. The Kier molecular flexibility index (Phi) is 1.65. The van der Waals surface area contributed by atoms with Crippen molar-refractivity contribution < 1.29 is 4.74 Å². The van der Waals surface area contributed by atoms with E-state index in [1.54, 1.807) is 0 Å². The molecule has 0 aromatic rings. The quantitative estimate of drug-likeness (QED) is 0.545. The van der Waals surface area contributed by atoms with Gasteiger partial charge in [-0.25, -0.2) is 0 Å². The van der Waals surface area contributed by atoms with Crippen molar-refractivity contribution in [2.24, 2.45) is 0 Å². The van der Waals surface area contributed by atoms with E-state index >= 15 is 0 Å². The summed E-state index contributed by atoms with van der Waals surface area (Å²) in [5.74, 6) is 0. The zero-order chi connectivity index (χ0) is 5.11. The minimum atomic E-state index is 0.324. The molecule has 1 heterocycles. The summed E-state index contributed by atoms with van der Waals surface area (Å²) in [4.78, 5) is 0. The van der Waals surface area contributed by atoms with Gasteiger partial charge >= 0.3 is 0 Å². The van der Waals surface area contributed by atoms with Crippen LogP contribution in [0.25, 0.3) is 0 Å². The highest BCUT2D eigenvalue weighted by molar-refractivity contribution is 4.66. The third-order valence-electron chi connectivity index (χ3n) is 1.05. The predicted octanol–water partition coefficient (Wildman–Crippen LogP) is 0.504. The maximum absolute atomic E-state index is 5.03. The van der Waals surface area contributed by atoms with Gasteiger partial charge in [-0.15, -0.1) is 0 Å². The summed E-state index contributed by atoms with van der Waals surface area (Å²) in [6.45, 7) is 4.79. The molecular formula is C5H10NO. The highest BCUT2D eigenvalue weighted by Crippen LogP contribution is 2.06. The van der Waals surface area contributed by atoms with Gasteiger partial charge in [-0.05, 0) is 6.92 Å². The van der Waals surface area contributed by atoms with Crippen LogP contribution in [0.2, 0.25) is 0 Å². The van der Waals surface area contributed by atoms with Crippen LogP contribution in [-0.2, 0) is 4.74 Å². The van der Waals surface area contributed by atoms with Crippen LogP contribution in [0.3, 0.4) is 0 Å². The predicted molar refractivity (Wildman–Crippen MR) is 27.5 cm³/mol. The van der Waals surface area contributed by atoms with Crippen molar-refractivity contribution in [3.8, 4) is 0 Å². The molecule has 1 N–H and O–H groups in total. The van der Waals surface area contributed by atoms with Crippen LogP contribution in [0, 0.1) is 6.54 Å². The fourth-order valence-corrected chi connectivity index (χ4v) is 0.553. The lowest BCUT2D eigenvalue weighted by Crippen LogP contribution is -2.38. The van der Waals surface area contributed by atoms with Gasteiger partial charge in [0.05, 0.1) is 6.61 Å². The average molecular weight is 100 g/mol. The summed E-state index contributed by atoms with van der Waals surface area (Å²) in [7, 11) is 0. The Morgan fingerprint density at radius 2 is 2.57 bits per heavy atom. The molecule has 0 spiro atoms. The van der Waals surface area contributed by atoms with Crippen molar-refractivity contribution in [1.29, 1.82) is 0 Å². The molecule has 1 unspecified atom stereocenters. The first-order valence-corrected chi connectivity index (χ1v) is 2.59. The summed E-state index contributed by atoms with van der Waals surface area (Å²) in [6.07, 6.45) is 1.48. The first kappa shape index (κ1) is 5.06. The lowest BCUT2D eigenvalue weighted by Gasteiger charge is -2.26. The molecule has 1 radical (unpaired) electrons. The minimum Gasteiger partial charge on any atom is -0.363 e. The topological polar surface area (TPSA) is 21.3 Å². The number of hydrogen-bond acceptors (Lipinski definition) is 2. The zero-order valence-corrected chi connectivity index (χ0v) is 4.48. The van der Waals surface area contributed by atoms with Gasteiger partial charge in [0.15, 0.2) is 0 Å². The molecule has 0 aliphatic carbocycles. The zero-order valence-electron chi connectivity index (χ0n) is 4.48. The van der Waals surface area contributed by atoms with Crippen molar-refractivity contribution in [3.05, 3.63) is 6.54 Å². The van der Waals surface area contributed by atoms with Gasteiger partial charge in [0, 0.05) is 13.0 Å². The second-order valence-electron chi connectivity index (χ2n) is 1.60. The monoisotopic (exact) mass is 100 g/mol. The highest BCUT2D eigenvalue weighted by atomic mass is 16.5. The van der Waals surface area contributed by atoms with E-state index in [0.717, 1.165) is 13.0 Å². The van der Waals surface area contributed by atoms with Crippen molar-refractivity contribution in [2.75, 3.05) is 6.61 Å². The van der Waals surface area contributed by atoms with Crippen LogP contribution < -0.4 is 5.32 Å². The Hall–Kier alpha value is -0.0800. The van der Waals surface area contributed by atoms with Crippen LogP contribution in [-0.4, -0.2) is 12.8 Å². The van der Waals surface area contributed by atoms with Gasteiger partial charge in [-0.3, -0.25) is 5.32 Å². The molecule has 2 heteroatoms. The maximum Gasteiger partial charge on any atom is 0.110 e. The van der Waals surface area contributed by atoms with Crippen molar-refractivity contribution in [3.63, 3.8) is 0 Å².